The number of carbonyl (C=O) groups excluding carboxylic acids is 1. The zero-order chi connectivity index (χ0) is 10.9. The number of aryl methyl sites for hydroxylation is 1. The van der Waals surface area contributed by atoms with Gasteiger partial charge in [0.25, 0.3) is 0 Å². The first-order valence-electron chi connectivity index (χ1n) is 5.50. The summed E-state index contributed by atoms with van der Waals surface area (Å²) in [5.74, 6) is 0.137. The zero-order valence-electron chi connectivity index (χ0n) is 9.28. The third-order valence-electron chi connectivity index (χ3n) is 2.28. The van der Waals surface area contributed by atoms with Crippen molar-refractivity contribution in [2.75, 3.05) is 0 Å². The predicted molar refractivity (Wildman–Crippen MR) is 63.8 cm³/mol. The second kappa shape index (κ2) is 6.99. The largest absolute Gasteiger partial charge is 0.295 e. The van der Waals surface area contributed by atoms with E-state index in [0.717, 1.165) is 19.3 Å². The minimum atomic E-state index is 0.137. The van der Waals surface area contributed by atoms with Gasteiger partial charge >= 0.3 is 0 Å². The van der Waals surface area contributed by atoms with Crippen molar-refractivity contribution in [3.63, 3.8) is 0 Å². The molecule has 0 aromatic heterocycles. The summed E-state index contributed by atoms with van der Waals surface area (Å²) < 4.78 is 0. The standard InChI is InChI=1S/C14H18O/c1-13(15)9-5-2-3-6-10-14-11-7-4-8-12-14/h4-5,7-9,11-12H,2-3,6,10H2,1H3/b9-5+. The molecule has 1 nitrogen and oxygen atoms in total. The van der Waals surface area contributed by atoms with Crippen LogP contribution >= 0.6 is 0 Å². The maximum atomic E-state index is 10.6. The normalized spacial score (nSPS) is 10.7. The number of hydrogen-bond acceptors (Lipinski definition) is 1. The van der Waals surface area contributed by atoms with E-state index in [0.29, 0.717) is 0 Å². The second-order valence-electron chi connectivity index (χ2n) is 3.74. The quantitative estimate of drug-likeness (QED) is 0.509. The van der Waals surface area contributed by atoms with Gasteiger partial charge in [-0.3, -0.25) is 4.79 Å². The van der Waals surface area contributed by atoms with Gasteiger partial charge in [0.05, 0.1) is 0 Å². The molecule has 0 spiro atoms. The Labute approximate surface area is 91.8 Å². The summed E-state index contributed by atoms with van der Waals surface area (Å²) in [5.41, 5.74) is 1.40. The van der Waals surface area contributed by atoms with Crippen LogP contribution in [0.1, 0.15) is 31.7 Å². The van der Waals surface area contributed by atoms with Gasteiger partial charge in [-0.1, -0.05) is 36.4 Å². The van der Waals surface area contributed by atoms with Crippen LogP contribution in [-0.2, 0) is 11.2 Å². The maximum absolute atomic E-state index is 10.6. The number of allylic oxidation sites excluding steroid dienone is 2. The predicted octanol–water partition coefficient (Wildman–Crippen LogP) is 3.54. The van der Waals surface area contributed by atoms with E-state index in [4.69, 9.17) is 0 Å². The molecule has 80 valence electrons. The van der Waals surface area contributed by atoms with Gasteiger partial charge in [-0.15, -0.1) is 0 Å². The molecule has 1 heteroatoms. The zero-order valence-corrected chi connectivity index (χ0v) is 9.28. The van der Waals surface area contributed by atoms with Gasteiger partial charge in [-0.25, -0.2) is 0 Å². The highest BCUT2D eigenvalue weighted by atomic mass is 16.1. The van der Waals surface area contributed by atoms with Crippen molar-refractivity contribution in [2.24, 2.45) is 0 Å². The molecule has 0 aliphatic carbocycles. The van der Waals surface area contributed by atoms with Gasteiger partial charge in [0.15, 0.2) is 5.78 Å². The second-order valence-corrected chi connectivity index (χ2v) is 3.74. The monoisotopic (exact) mass is 202 g/mol. The number of benzene rings is 1. The van der Waals surface area contributed by atoms with Crippen molar-refractivity contribution in [1.29, 1.82) is 0 Å². The van der Waals surface area contributed by atoms with Crippen LogP contribution in [0.3, 0.4) is 0 Å². The van der Waals surface area contributed by atoms with E-state index in [1.54, 1.807) is 13.0 Å². The van der Waals surface area contributed by atoms with Crippen LogP contribution in [0.2, 0.25) is 0 Å². The summed E-state index contributed by atoms with van der Waals surface area (Å²) in [6.45, 7) is 1.58. The molecule has 0 radical (unpaired) electrons. The van der Waals surface area contributed by atoms with Crippen molar-refractivity contribution in [3.8, 4) is 0 Å². The summed E-state index contributed by atoms with van der Waals surface area (Å²) in [6.07, 6.45) is 8.10. The van der Waals surface area contributed by atoms with Gasteiger partial charge in [0, 0.05) is 0 Å². The van der Waals surface area contributed by atoms with Gasteiger partial charge in [-0.2, -0.15) is 0 Å². The molecule has 0 fully saturated rings. The van der Waals surface area contributed by atoms with E-state index in [1.807, 2.05) is 12.1 Å². The minimum Gasteiger partial charge on any atom is -0.295 e. The Kier molecular flexibility index (Phi) is 5.46. The molecule has 0 bridgehead atoms. The average molecular weight is 202 g/mol. The third kappa shape index (κ3) is 5.84. The molecule has 15 heavy (non-hydrogen) atoms. The Morgan fingerprint density at radius 2 is 1.93 bits per heavy atom. The summed E-state index contributed by atoms with van der Waals surface area (Å²) >= 11 is 0. The maximum Gasteiger partial charge on any atom is 0.152 e. The first-order chi connectivity index (χ1) is 7.29. The van der Waals surface area contributed by atoms with E-state index >= 15 is 0 Å². The van der Waals surface area contributed by atoms with E-state index in [1.165, 1.54) is 12.0 Å². The lowest BCUT2D eigenvalue weighted by molar-refractivity contribution is -0.112. The fourth-order valence-electron chi connectivity index (χ4n) is 1.49. The average Bonchev–Trinajstić information content (AvgIpc) is 2.24. The minimum absolute atomic E-state index is 0.137. The fraction of sp³-hybridized carbons (Fsp3) is 0.357. The fourth-order valence-corrected chi connectivity index (χ4v) is 1.49. The molecular weight excluding hydrogens is 184 g/mol. The molecule has 0 saturated carbocycles. The molecular formula is C14H18O. The Bertz CT molecular complexity index is 311. The van der Waals surface area contributed by atoms with Crippen LogP contribution in [0.5, 0.6) is 0 Å². The summed E-state index contributed by atoms with van der Waals surface area (Å²) in [4.78, 5) is 10.6. The highest BCUT2D eigenvalue weighted by molar-refractivity contribution is 5.87. The van der Waals surface area contributed by atoms with Crippen molar-refractivity contribution in [1.82, 2.24) is 0 Å². The Morgan fingerprint density at radius 3 is 2.60 bits per heavy atom. The van der Waals surface area contributed by atoms with Crippen LogP contribution in [-0.4, -0.2) is 5.78 Å². The number of unbranched alkanes of at least 4 members (excludes halogenated alkanes) is 2. The number of carbonyl (C=O) groups is 1. The molecule has 1 aromatic rings. The van der Waals surface area contributed by atoms with E-state index < -0.39 is 0 Å². The van der Waals surface area contributed by atoms with Crippen LogP contribution in [0.25, 0.3) is 0 Å². The van der Waals surface area contributed by atoms with Gasteiger partial charge < -0.3 is 0 Å². The van der Waals surface area contributed by atoms with Crippen LogP contribution < -0.4 is 0 Å². The van der Waals surface area contributed by atoms with Crippen molar-refractivity contribution in [3.05, 3.63) is 48.0 Å². The first kappa shape index (κ1) is 11.7. The topological polar surface area (TPSA) is 17.1 Å². The number of rotatable bonds is 6. The lowest BCUT2D eigenvalue weighted by atomic mass is 10.1. The van der Waals surface area contributed by atoms with Crippen LogP contribution in [0, 0.1) is 0 Å². The molecule has 1 rings (SSSR count). The Hall–Kier alpha value is -1.37. The molecule has 0 heterocycles. The lowest BCUT2D eigenvalue weighted by Crippen LogP contribution is -1.84. The number of ketones is 1. The van der Waals surface area contributed by atoms with E-state index in [9.17, 15) is 4.79 Å². The molecule has 0 N–H and O–H groups in total. The Morgan fingerprint density at radius 1 is 1.20 bits per heavy atom. The Balaban J connectivity index is 2.10. The van der Waals surface area contributed by atoms with Crippen molar-refractivity contribution >= 4 is 5.78 Å². The van der Waals surface area contributed by atoms with Gasteiger partial charge in [0.2, 0.25) is 0 Å². The van der Waals surface area contributed by atoms with Crippen LogP contribution in [0.15, 0.2) is 42.5 Å². The SMILES string of the molecule is CC(=O)/C=C/CCCCc1ccccc1. The summed E-state index contributed by atoms with van der Waals surface area (Å²) in [6, 6.07) is 10.5. The van der Waals surface area contributed by atoms with Crippen molar-refractivity contribution in [2.45, 2.75) is 32.6 Å². The summed E-state index contributed by atoms with van der Waals surface area (Å²) in [7, 11) is 0. The van der Waals surface area contributed by atoms with Crippen LogP contribution in [0.4, 0.5) is 0 Å². The molecule has 0 saturated heterocycles. The first-order valence-corrected chi connectivity index (χ1v) is 5.50. The molecule has 0 amide bonds. The highest BCUT2D eigenvalue weighted by Crippen LogP contribution is 2.06. The molecule has 0 aliphatic rings. The highest BCUT2D eigenvalue weighted by Gasteiger charge is 1.91. The molecule has 0 aliphatic heterocycles. The van der Waals surface area contributed by atoms with E-state index in [2.05, 4.69) is 24.3 Å². The van der Waals surface area contributed by atoms with Gasteiger partial charge in [-0.05, 0) is 44.2 Å². The lowest BCUT2D eigenvalue weighted by Gasteiger charge is -1.98. The van der Waals surface area contributed by atoms with E-state index in [-0.39, 0.29) is 5.78 Å². The third-order valence-corrected chi connectivity index (χ3v) is 2.28. The molecule has 0 atom stereocenters. The van der Waals surface area contributed by atoms with Crippen molar-refractivity contribution < 1.29 is 4.79 Å². The smallest absolute Gasteiger partial charge is 0.152 e. The molecule has 1 aromatic carbocycles. The molecule has 0 unspecified atom stereocenters. The number of hydrogen-bond donors (Lipinski definition) is 0. The summed E-state index contributed by atoms with van der Waals surface area (Å²) in [5, 5.41) is 0. The van der Waals surface area contributed by atoms with Gasteiger partial charge in [0.1, 0.15) is 0 Å².